The molecule has 0 radical (unpaired) electrons. The average Bonchev–Trinajstić information content (AvgIpc) is 3.29. The van der Waals surface area contributed by atoms with Gasteiger partial charge in [-0.25, -0.2) is 0 Å². The van der Waals surface area contributed by atoms with E-state index in [1.165, 1.54) is 18.2 Å². The second kappa shape index (κ2) is 5.89. The fraction of sp³-hybridized carbons (Fsp3) is 0.188. The summed E-state index contributed by atoms with van der Waals surface area (Å²) in [5.74, 6) is -0.415. The second-order valence-corrected chi connectivity index (χ2v) is 5.93. The van der Waals surface area contributed by atoms with Gasteiger partial charge < -0.3 is 11.1 Å². The zero-order chi connectivity index (χ0) is 16.6. The van der Waals surface area contributed by atoms with Crippen LogP contribution in [0.3, 0.4) is 0 Å². The van der Waals surface area contributed by atoms with Crippen LogP contribution in [0.1, 0.15) is 17.9 Å². The van der Waals surface area contributed by atoms with Crippen molar-refractivity contribution in [2.24, 2.45) is 5.92 Å². The maximum atomic E-state index is 12.3. The Morgan fingerprint density at radius 3 is 2.74 bits per heavy atom. The molecule has 1 aliphatic carbocycles. The van der Waals surface area contributed by atoms with E-state index in [1.807, 2.05) is 18.2 Å². The van der Waals surface area contributed by atoms with Crippen LogP contribution in [0, 0.1) is 16.0 Å². The van der Waals surface area contributed by atoms with Crippen LogP contribution >= 0.6 is 11.6 Å². The van der Waals surface area contributed by atoms with Crippen molar-refractivity contribution in [1.82, 2.24) is 0 Å². The standard InChI is InChI=1S/C16H14ClN3O3/c17-10-4-1-3-9(7-10)11-8-12(11)16(21)19-15-13(18)5-2-6-14(15)20(22)23/h1-7,11-12H,8,18H2,(H,19,21)/t11-,12+/m1/s1. The SMILES string of the molecule is Nc1cccc([N+](=O)[O-])c1NC(=O)[C@H]1C[C@@H]1c1cccc(Cl)c1. The highest BCUT2D eigenvalue weighted by Gasteiger charge is 2.44. The molecule has 0 saturated heterocycles. The Morgan fingerprint density at radius 1 is 1.30 bits per heavy atom. The van der Waals surface area contributed by atoms with Crippen molar-refractivity contribution in [3.8, 4) is 0 Å². The molecule has 23 heavy (non-hydrogen) atoms. The third-order valence-electron chi connectivity index (χ3n) is 3.92. The summed E-state index contributed by atoms with van der Waals surface area (Å²) in [7, 11) is 0. The lowest BCUT2D eigenvalue weighted by Gasteiger charge is -2.08. The number of nitrogen functional groups attached to an aromatic ring is 1. The van der Waals surface area contributed by atoms with Gasteiger partial charge in [0.05, 0.1) is 10.6 Å². The molecule has 0 heterocycles. The molecule has 1 aliphatic rings. The minimum atomic E-state index is -0.562. The molecular formula is C16H14ClN3O3. The molecule has 0 aromatic heterocycles. The van der Waals surface area contributed by atoms with E-state index < -0.39 is 4.92 Å². The van der Waals surface area contributed by atoms with E-state index in [9.17, 15) is 14.9 Å². The Balaban J connectivity index is 1.76. The number of carbonyl (C=O) groups is 1. The maximum Gasteiger partial charge on any atom is 0.294 e. The van der Waals surface area contributed by atoms with Crippen LogP contribution in [-0.2, 0) is 4.79 Å². The number of rotatable bonds is 4. The van der Waals surface area contributed by atoms with Gasteiger partial charge in [0.25, 0.3) is 5.69 Å². The van der Waals surface area contributed by atoms with Crippen LogP contribution in [0.4, 0.5) is 17.1 Å². The van der Waals surface area contributed by atoms with Crippen LogP contribution in [0.25, 0.3) is 0 Å². The summed E-state index contributed by atoms with van der Waals surface area (Å²) in [5.41, 5.74) is 6.77. The third kappa shape index (κ3) is 3.12. The van der Waals surface area contributed by atoms with Crippen molar-refractivity contribution < 1.29 is 9.72 Å². The van der Waals surface area contributed by atoms with Crippen LogP contribution in [0.15, 0.2) is 42.5 Å². The van der Waals surface area contributed by atoms with Crippen molar-refractivity contribution in [1.29, 1.82) is 0 Å². The number of para-hydroxylation sites is 1. The first-order valence-electron chi connectivity index (χ1n) is 7.06. The molecule has 0 aliphatic heterocycles. The van der Waals surface area contributed by atoms with Crippen molar-refractivity contribution in [3.05, 3.63) is 63.2 Å². The lowest BCUT2D eigenvalue weighted by atomic mass is 10.1. The first-order chi connectivity index (χ1) is 11.0. The summed E-state index contributed by atoms with van der Waals surface area (Å²) in [6.07, 6.45) is 0.687. The molecule has 0 unspecified atom stereocenters. The number of nitrogens with two attached hydrogens (primary N) is 1. The van der Waals surface area contributed by atoms with Gasteiger partial charge in [-0.15, -0.1) is 0 Å². The molecule has 7 heteroatoms. The number of nitrogens with zero attached hydrogens (tertiary/aromatic N) is 1. The molecule has 0 spiro atoms. The summed E-state index contributed by atoms with van der Waals surface area (Å²) in [6, 6.07) is 11.7. The molecule has 1 fully saturated rings. The van der Waals surface area contributed by atoms with Crippen LogP contribution < -0.4 is 11.1 Å². The smallest absolute Gasteiger partial charge is 0.294 e. The molecule has 2 aromatic carbocycles. The molecule has 2 aromatic rings. The molecule has 3 N–H and O–H groups in total. The quantitative estimate of drug-likeness (QED) is 0.508. The minimum absolute atomic E-state index is 0.0549. The molecule has 6 nitrogen and oxygen atoms in total. The fourth-order valence-electron chi connectivity index (χ4n) is 2.65. The number of hydrogen-bond acceptors (Lipinski definition) is 4. The summed E-state index contributed by atoms with van der Waals surface area (Å²) < 4.78 is 0. The molecule has 3 rings (SSSR count). The zero-order valence-corrected chi connectivity index (χ0v) is 12.8. The van der Waals surface area contributed by atoms with E-state index >= 15 is 0 Å². The lowest BCUT2D eigenvalue weighted by molar-refractivity contribution is -0.383. The lowest BCUT2D eigenvalue weighted by Crippen LogP contribution is -2.16. The molecule has 1 amide bonds. The van der Waals surface area contributed by atoms with Crippen molar-refractivity contribution in [2.75, 3.05) is 11.1 Å². The number of benzene rings is 2. The van der Waals surface area contributed by atoms with Gasteiger partial charge in [0, 0.05) is 17.0 Å². The Hall–Kier alpha value is -2.60. The highest BCUT2D eigenvalue weighted by molar-refractivity contribution is 6.30. The van der Waals surface area contributed by atoms with E-state index in [0.717, 1.165) is 5.56 Å². The summed E-state index contributed by atoms with van der Waals surface area (Å²) >= 11 is 5.96. The summed E-state index contributed by atoms with van der Waals surface area (Å²) in [5, 5.41) is 14.3. The van der Waals surface area contributed by atoms with Gasteiger partial charge in [0.15, 0.2) is 0 Å². The fourth-order valence-corrected chi connectivity index (χ4v) is 2.85. The largest absolute Gasteiger partial charge is 0.397 e. The second-order valence-electron chi connectivity index (χ2n) is 5.49. The van der Waals surface area contributed by atoms with Gasteiger partial charge in [-0.05, 0) is 36.1 Å². The summed E-state index contributed by atoms with van der Waals surface area (Å²) in [4.78, 5) is 22.8. The van der Waals surface area contributed by atoms with Gasteiger partial charge in [-0.2, -0.15) is 0 Å². The number of hydrogen-bond donors (Lipinski definition) is 2. The molecule has 1 saturated carbocycles. The van der Waals surface area contributed by atoms with E-state index in [1.54, 1.807) is 6.07 Å². The van der Waals surface area contributed by atoms with E-state index in [2.05, 4.69) is 5.32 Å². The van der Waals surface area contributed by atoms with Crippen LogP contribution in [-0.4, -0.2) is 10.8 Å². The Kier molecular flexibility index (Phi) is 3.92. The van der Waals surface area contributed by atoms with Gasteiger partial charge in [0.1, 0.15) is 5.69 Å². The van der Waals surface area contributed by atoms with Crippen molar-refractivity contribution in [2.45, 2.75) is 12.3 Å². The van der Waals surface area contributed by atoms with Crippen molar-refractivity contribution >= 4 is 34.6 Å². The Bertz CT molecular complexity index is 794. The van der Waals surface area contributed by atoms with Crippen molar-refractivity contribution in [3.63, 3.8) is 0 Å². The van der Waals surface area contributed by atoms with Gasteiger partial charge in [0.2, 0.25) is 5.91 Å². The van der Waals surface area contributed by atoms with Crippen LogP contribution in [0.2, 0.25) is 5.02 Å². The molecule has 0 bridgehead atoms. The zero-order valence-electron chi connectivity index (χ0n) is 12.0. The number of anilines is 2. The van der Waals surface area contributed by atoms with Crippen LogP contribution in [0.5, 0.6) is 0 Å². The number of nitro groups is 1. The van der Waals surface area contributed by atoms with Gasteiger partial charge in [-0.3, -0.25) is 14.9 Å². The average molecular weight is 332 g/mol. The van der Waals surface area contributed by atoms with E-state index in [4.69, 9.17) is 17.3 Å². The Morgan fingerprint density at radius 2 is 2.04 bits per heavy atom. The first-order valence-corrected chi connectivity index (χ1v) is 7.44. The van der Waals surface area contributed by atoms with E-state index in [0.29, 0.717) is 11.4 Å². The third-order valence-corrected chi connectivity index (χ3v) is 4.16. The maximum absolute atomic E-state index is 12.3. The van der Waals surface area contributed by atoms with Gasteiger partial charge in [-0.1, -0.05) is 29.8 Å². The predicted molar refractivity (Wildman–Crippen MR) is 88.4 cm³/mol. The normalized spacial score (nSPS) is 19.2. The van der Waals surface area contributed by atoms with E-state index in [-0.39, 0.29) is 34.8 Å². The molecule has 2 atom stereocenters. The highest BCUT2D eigenvalue weighted by Crippen LogP contribution is 2.48. The number of carbonyl (C=O) groups excluding carboxylic acids is 1. The Labute approximate surface area is 137 Å². The van der Waals surface area contributed by atoms with Gasteiger partial charge >= 0.3 is 0 Å². The molecular weight excluding hydrogens is 318 g/mol. The number of nitrogens with one attached hydrogen (secondary N) is 1. The molecule has 118 valence electrons. The highest BCUT2D eigenvalue weighted by atomic mass is 35.5. The summed E-state index contributed by atoms with van der Waals surface area (Å²) in [6.45, 7) is 0. The first kappa shape index (κ1) is 15.3. The predicted octanol–water partition coefficient (Wildman–Crippen LogP) is 3.57. The number of amides is 1. The number of nitro benzene ring substituents is 1. The monoisotopic (exact) mass is 331 g/mol. The topological polar surface area (TPSA) is 98.3 Å². The number of halogens is 1. The minimum Gasteiger partial charge on any atom is -0.397 e.